The SMILES string of the molecule is CC1C(CN2CCCC2C(=O)OC(C)(C)C)OC(c2ccc(-c3ccccc3CN3C(=O)c4ccccc4C3=O)cc2)OC1c1ccc(CO)cc1. The number of amides is 2. The number of likely N-dealkylation sites (tertiary alicyclic amines) is 1. The van der Waals surface area contributed by atoms with E-state index in [1.807, 2.05) is 93.6 Å². The molecule has 5 atom stereocenters. The Labute approximate surface area is 305 Å². The Balaban J connectivity index is 1.13. The van der Waals surface area contributed by atoms with E-state index < -0.39 is 11.9 Å². The summed E-state index contributed by atoms with van der Waals surface area (Å²) in [6.07, 6.45) is 0.447. The summed E-state index contributed by atoms with van der Waals surface area (Å²) in [4.78, 5) is 43.0. The lowest BCUT2D eigenvalue weighted by atomic mass is 9.89. The van der Waals surface area contributed by atoms with Crippen molar-refractivity contribution in [3.63, 3.8) is 0 Å². The fraction of sp³-hybridized carbons (Fsp3) is 0.372. The molecule has 7 rings (SSSR count). The standard InChI is InChI=1S/C43H46N2O7/c1-27-37(25-44-23-9-14-36(44)41(49)52-43(2,3)4)50-42(51-38(27)30-17-15-28(26-46)16-18-30)31-21-19-29(20-22-31)33-11-6-5-10-32(33)24-45-39(47)34-12-7-8-13-35(34)40(45)48/h5-8,10-13,15-22,27,36-38,42,46H,9,14,23-26H2,1-4H3. The highest BCUT2D eigenvalue weighted by atomic mass is 16.7. The molecule has 9 nitrogen and oxygen atoms in total. The molecule has 0 aliphatic carbocycles. The van der Waals surface area contributed by atoms with Gasteiger partial charge in [0, 0.05) is 18.0 Å². The van der Waals surface area contributed by atoms with E-state index >= 15 is 0 Å². The summed E-state index contributed by atoms with van der Waals surface area (Å²) >= 11 is 0. The second-order valence-electron chi connectivity index (χ2n) is 15.0. The minimum absolute atomic E-state index is 0.0372. The second-order valence-corrected chi connectivity index (χ2v) is 15.0. The molecule has 0 radical (unpaired) electrons. The van der Waals surface area contributed by atoms with Gasteiger partial charge in [-0.2, -0.15) is 0 Å². The van der Waals surface area contributed by atoms with Crippen LogP contribution in [-0.2, 0) is 32.2 Å². The predicted octanol–water partition coefficient (Wildman–Crippen LogP) is 7.24. The number of carbonyl (C=O) groups is 3. The van der Waals surface area contributed by atoms with Crippen LogP contribution in [0.2, 0.25) is 0 Å². The summed E-state index contributed by atoms with van der Waals surface area (Å²) in [5.74, 6) is -0.804. The minimum Gasteiger partial charge on any atom is -0.459 e. The van der Waals surface area contributed by atoms with Crippen molar-refractivity contribution in [2.45, 2.75) is 83.8 Å². The quantitative estimate of drug-likeness (QED) is 0.144. The number of ether oxygens (including phenoxy) is 3. The zero-order valence-corrected chi connectivity index (χ0v) is 30.2. The highest BCUT2D eigenvalue weighted by Crippen LogP contribution is 2.43. The molecule has 2 amide bonds. The van der Waals surface area contributed by atoms with Crippen molar-refractivity contribution < 1.29 is 33.7 Å². The first kappa shape index (κ1) is 35.7. The van der Waals surface area contributed by atoms with E-state index in [1.54, 1.807) is 24.3 Å². The number of benzene rings is 4. The third-order valence-corrected chi connectivity index (χ3v) is 10.3. The number of hydrogen-bond acceptors (Lipinski definition) is 8. The molecule has 4 aromatic rings. The molecule has 0 aromatic heterocycles. The van der Waals surface area contributed by atoms with Crippen LogP contribution in [0.1, 0.15) is 95.9 Å². The molecule has 9 heteroatoms. The van der Waals surface area contributed by atoms with E-state index in [2.05, 4.69) is 11.8 Å². The molecule has 0 spiro atoms. The van der Waals surface area contributed by atoms with Crippen LogP contribution < -0.4 is 0 Å². The van der Waals surface area contributed by atoms with Crippen LogP contribution in [-0.4, -0.2) is 63.5 Å². The van der Waals surface area contributed by atoms with Crippen molar-refractivity contribution >= 4 is 17.8 Å². The van der Waals surface area contributed by atoms with Gasteiger partial charge in [0.25, 0.3) is 11.8 Å². The monoisotopic (exact) mass is 702 g/mol. The Morgan fingerprint density at radius 2 is 1.44 bits per heavy atom. The smallest absolute Gasteiger partial charge is 0.323 e. The lowest BCUT2D eigenvalue weighted by Crippen LogP contribution is -2.48. The van der Waals surface area contributed by atoms with Crippen LogP contribution in [0, 0.1) is 5.92 Å². The number of esters is 1. The van der Waals surface area contributed by atoms with E-state index in [9.17, 15) is 19.5 Å². The van der Waals surface area contributed by atoms with E-state index in [-0.39, 0.29) is 55.1 Å². The number of aliphatic hydroxyl groups is 1. The van der Waals surface area contributed by atoms with Crippen molar-refractivity contribution in [3.8, 4) is 11.1 Å². The zero-order valence-electron chi connectivity index (χ0n) is 30.2. The average Bonchev–Trinajstić information content (AvgIpc) is 3.71. The van der Waals surface area contributed by atoms with Crippen LogP contribution in [0.15, 0.2) is 97.1 Å². The van der Waals surface area contributed by atoms with Gasteiger partial charge in [-0.05, 0) is 80.1 Å². The molecule has 3 aliphatic rings. The molecule has 0 bridgehead atoms. The van der Waals surface area contributed by atoms with Crippen LogP contribution in [0.25, 0.3) is 11.1 Å². The van der Waals surface area contributed by atoms with Crippen LogP contribution in [0.3, 0.4) is 0 Å². The highest BCUT2D eigenvalue weighted by molar-refractivity contribution is 6.21. The van der Waals surface area contributed by atoms with Crippen molar-refractivity contribution in [1.82, 2.24) is 9.80 Å². The summed E-state index contributed by atoms with van der Waals surface area (Å²) in [6, 6.07) is 30.3. The Morgan fingerprint density at radius 3 is 2.08 bits per heavy atom. The predicted molar refractivity (Wildman–Crippen MR) is 196 cm³/mol. The highest BCUT2D eigenvalue weighted by Gasteiger charge is 2.42. The average molecular weight is 703 g/mol. The van der Waals surface area contributed by atoms with Gasteiger partial charge in [0.05, 0.1) is 36.5 Å². The Bertz CT molecular complexity index is 1900. The van der Waals surface area contributed by atoms with Gasteiger partial charge in [0.2, 0.25) is 0 Å². The molecule has 52 heavy (non-hydrogen) atoms. The second kappa shape index (κ2) is 14.8. The van der Waals surface area contributed by atoms with Gasteiger partial charge in [0.15, 0.2) is 6.29 Å². The molecule has 3 heterocycles. The number of hydrogen-bond donors (Lipinski definition) is 1. The molecule has 2 fully saturated rings. The van der Waals surface area contributed by atoms with E-state index in [4.69, 9.17) is 14.2 Å². The number of imide groups is 1. The Morgan fingerprint density at radius 1 is 0.827 bits per heavy atom. The Kier molecular flexibility index (Phi) is 10.1. The summed E-state index contributed by atoms with van der Waals surface area (Å²) in [7, 11) is 0. The van der Waals surface area contributed by atoms with E-state index in [0.717, 1.165) is 52.8 Å². The summed E-state index contributed by atoms with van der Waals surface area (Å²) < 4.78 is 19.2. The maximum Gasteiger partial charge on any atom is 0.323 e. The minimum atomic E-state index is -0.672. The molecule has 1 N–H and O–H groups in total. The first-order valence-electron chi connectivity index (χ1n) is 18.1. The van der Waals surface area contributed by atoms with E-state index in [1.165, 1.54) is 4.90 Å². The van der Waals surface area contributed by atoms with Gasteiger partial charge < -0.3 is 19.3 Å². The third kappa shape index (κ3) is 7.32. The number of aliphatic hydroxyl groups excluding tert-OH is 1. The van der Waals surface area contributed by atoms with Gasteiger partial charge in [-0.1, -0.05) is 91.9 Å². The molecule has 4 aromatic carbocycles. The maximum atomic E-state index is 13.2. The fourth-order valence-electron chi connectivity index (χ4n) is 7.55. The zero-order chi connectivity index (χ0) is 36.6. The van der Waals surface area contributed by atoms with Gasteiger partial charge >= 0.3 is 5.97 Å². The Hall–Kier alpha value is -4.67. The van der Waals surface area contributed by atoms with Crippen molar-refractivity contribution in [1.29, 1.82) is 0 Å². The van der Waals surface area contributed by atoms with Crippen molar-refractivity contribution in [3.05, 3.63) is 130 Å². The molecule has 270 valence electrons. The maximum absolute atomic E-state index is 13.2. The first-order chi connectivity index (χ1) is 25.0. The topological polar surface area (TPSA) is 106 Å². The third-order valence-electron chi connectivity index (χ3n) is 10.3. The van der Waals surface area contributed by atoms with Crippen molar-refractivity contribution in [2.75, 3.05) is 13.1 Å². The largest absolute Gasteiger partial charge is 0.459 e. The molecule has 3 aliphatic heterocycles. The number of rotatable bonds is 9. The lowest BCUT2D eigenvalue weighted by Gasteiger charge is -2.43. The van der Waals surface area contributed by atoms with Gasteiger partial charge in [-0.3, -0.25) is 24.2 Å². The summed E-state index contributed by atoms with van der Waals surface area (Å²) in [6.45, 7) is 9.27. The number of carbonyl (C=O) groups excluding carboxylic acids is 3. The summed E-state index contributed by atoms with van der Waals surface area (Å²) in [5.41, 5.74) is 5.69. The van der Waals surface area contributed by atoms with Crippen LogP contribution >= 0.6 is 0 Å². The normalized spacial score (nSPS) is 23.6. The summed E-state index contributed by atoms with van der Waals surface area (Å²) in [5, 5.41) is 9.65. The van der Waals surface area contributed by atoms with Crippen LogP contribution in [0.5, 0.6) is 0 Å². The number of fused-ring (bicyclic) bond motifs is 1. The van der Waals surface area contributed by atoms with Gasteiger partial charge in [-0.25, -0.2) is 0 Å². The molecular formula is C43H46N2O7. The molecule has 0 saturated carbocycles. The molecule has 2 saturated heterocycles. The number of nitrogens with zero attached hydrogens (tertiary/aromatic N) is 2. The van der Waals surface area contributed by atoms with Crippen molar-refractivity contribution in [2.24, 2.45) is 5.92 Å². The van der Waals surface area contributed by atoms with E-state index in [0.29, 0.717) is 17.7 Å². The molecular weight excluding hydrogens is 656 g/mol. The van der Waals surface area contributed by atoms with Gasteiger partial charge in [0.1, 0.15) is 11.6 Å². The van der Waals surface area contributed by atoms with Crippen LogP contribution in [0.4, 0.5) is 0 Å². The lowest BCUT2D eigenvalue weighted by molar-refractivity contribution is -0.276. The fourth-order valence-corrected chi connectivity index (χ4v) is 7.55. The first-order valence-corrected chi connectivity index (χ1v) is 18.1. The van der Waals surface area contributed by atoms with Gasteiger partial charge in [-0.15, -0.1) is 0 Å². The molecule has 5 unspecified atom stereocenters.